The molecule has 1 aromatic heterocycles. The number of hydrogen-bond donors (Lipinski definition) is 1. The van der Waals surface area contributed by atoms with E-state index in [1.807, 2.05) is 0 Å². The Morgan fingerprint density at radius 2 is 1.85 bits per heavy atom. The molecule has 1 saturated heterocycles. The number of nitrogens with zero attached hydrogens (tertiary/aromatic N) is 4. The summed E-state index contributed by atoms with van der Waals surface area (Å²) in [6.07, 6.45) is 0.882. The Labute approximate surface area is 162 Å². The average Bonchev–Trinajstić information content (AvgIpc) is 2.66. The van der Waals surface area contributed by atoms with Crippen LogP contribution in [0.3, 0.4) is 0 Å². The lowest BCUT2D eigenvalue weighted by atomic mass is 10.2. The summed E-state index contributed by atoms with van der Waals surface area (Å²) in [6.45, 7) is 5.65. The zero-order valence-corrected chi connectivity index (χ0v) is 16.5. The van der Waals surface area contributed by atoms with Crippen LogP contribution < -0.4 is 5.32 Å². The molecule has 1 aromatic rings. The van der Waals surface area contributed by atoms with Crippen molar-refractivity contribution in [3.63, 3.8) is 0 Å². The summed E-state index contributed by atoms with van der Waals surface area (Å²) in [5.41, 5.74) is 0. The monoisotopic (exact) mass is 395 g/mol. The Bertz CT molecular complexity index is 647. The third-order valence-electron chi connectivity index (χ3n) is 3.89. The van der Waals surface area contributed by atoms with Crippen LogP contribution in [0.2, 0.25) is 0 Å². The maximum absolute atomic E-state index is 12.3. The molecule has 3 amide bonds. The first-order valence-corrected chi connectivity index (χ1v) is 9.91. The van der Waals surface area contributed by atoms with Gasteiger partial charge in [0.2, 0.25) is 11.8 Å². The molecule has 0 radical (unpaired) electrons. The van der Waals surface area contributed by atoms with Gasteiger partial charge in [-0.25, -0.2) is 4.79 Å². The lowest BCUT2D eigenvalue weighted by molar-refractivity contribution is -0.132. The fraction of sp³-hybridized carbons (Fsp3) is 0.588. The Hall–Kier alpha value is -2.36. The van der Waals surface area contributed by atoms with Crippen LogP contribution in [0.15, 0.2) is 17.2 Å². The molecule has 1 fully saturated rings. The lowest BCUT2D eigenvalue weighted by Crippen LogP contribution is -2.50. The predicted octanol–water partition coefficient (Wildman–Crippen LogP) is 1.61. The number of carbonyl (C=O) groups is 3. The smallest absolute Gasteiger partial charge is 0.409 e. The van der Waals surface area contributed by atoms with Crippen LogP contribution >= 0.6 is 11.8 Å². The van der Waals surface area contributed by atoms with Crippen LogP contribution in [0.1, 0.15) is 26.7 Å². The second kappa shape index (κ2) is 10.7. The molecule has 148 valence electrons. The molecule has 0 unspecified atom stereocenters. The van der Waals surface area contributed by atoms with Crippen LogP contribution in [0.4, 0.5) is 10.6 Å². The Balaban J connectivity index is 1.64. The summed E-state index contributed by atoms with van der Waals surface area (Å²) in [5, 5.41) is 11.3. The van der Waals surface area contributed by atoms with Crippen molar-refractivity contribution < 1.29 is 19.1 Å². The minimum absolute atomic E-state index is 0.103. The van der Waals surface area contributed by atoms with E-state index in [0.29, 0.717) is 45.0 Å². The van der Waals surface area contributed by atoms with Crippen LogP contribution in [0, 0.1) is 0 Å². The van der Waals surface area contributed by atoms with Crippen molar-refractivity contribution in [1.82, 2.24) is 20.0 Å². The largest absolute Gasteiger partial charge is 0.450 e. The molecular formula is C17H25N5O4S. The summed E-state index contributed by atoms with van der Waals surface area (Å²) < 4.78 is 4.97. The highest BCUT2D eigenvalue weighted by Gasteiger charge is 2.24. The molecule has 10 heteroatoms. The van der Waals surface area contributed by atoms with Crippen molar-refractivity contribution in [2.24, 2.45) is 0 Å². The van der Waals surface area contributed by atoms with Gasteiger partial charge in [0.15, 0.2) is 5.82 Å². The van der Waals surface area contributed by atoms with E-state index in [1.54, 1.807) is 28.9 Å². The molecule has 0 spiro atoms. The van der Waals surface area contributed by atoms with Gasteiger partial charge < -0.3 is 19.9 Å². The maximum Gasteiger partial charge on any atom is 0.409 e. The summed E-state index contributed by atoms with van der Waals surface area (Å²) in [7, 11) is 0. The number of amides is 3. The molecule has 2 rings (SSSR count). The van der Waals surface area contributed by atoms with Gasteiger partial charge in [-0.1, -0.05) is 0 Å². The number of thioether (sulfide) groups is 1. The molecule has 1 aliphatic rings. The summed E-state index contributed by atoms with van der Waals surface area (Å²) in [4.78, 5) is 38.3. The van der Waals surface area contributed by atoms with E-state index in [1.165, 1.54) is 18.7 Å². The molecule has 0 aliphatic carbocycles. The number of carbonyl (C=O) groups excluding carboxylic acids is 3. The molecule has 1 aliphatic heterocycles. The first-order valence-electron chi connectivity index (χ1n) is 8.93. The first kappa shape index (κ1) is 20.9. The van der Waals surface area contributed by atoms with Gasteiger partial charge in [0.25, 0.3) is 0 Å². The van der Waals surface area contributed by atoms with Crippen molar-refractivity contribution >= 4 is 35.5 Å². The van der Waals surface area contributed by atoms with E-state index in [0.717, 1.165) is 17.2 Å². The van der Waals surface area contributed by atoms with E-state index < -0.39 is 0 Å². The highest BCUT2D eigenvalue weighted by Crippen LogP contribution is 2.17. The van der Waals surface area contributed by atoms with Crippen molar-refractivity contribution in [2.45, 2.75) is 31.7 Å². The molecule has 0 aromatic carbocycles. The highest BCUT2D eigenvalue weighted by atomic mass is 32.2. The number of rotatable bonds is 7. The molecule has 0 saturated carbocycles. The van der Waals surface area contributed by atoms with Crippen LogP contribution in [-0.4, -0.2) is 76.4 Å². The number of nitrogens with one attached hydrogen (secondary N) is 1. The molecular weight excluding hydrogens is 370 g/mol. The van der Waals surface area contributed by atoms with Gasteiger partial charge in [-0.15, -0.1) is 22.0 Å². The van der Waals surface area contributed by atoms with Gasteiger partial charge in [-0.05, 0) is 25.5 Å². The standard InChI is InChI=1S/C17H25N5O4S/c1-3-26-17(25)22-10-8-21(9-11-22)16(24)5-4-12-27-15-7-6-14(19-20-15)18-13(2)23/h6-7H,3-5,8-12H2,1-2H3,(H,18,19,23). The number of ether oxygens (including phenoxy) is 1. The molecule has 9 nitrogen and oxygen atoms in total. The Morgan fingerprint density at radius 3 is 2.44 bits per heavy atom. The third-order valence-corrected chi connectivity index (χ3v) is 4.89. The zero-order valence-electron chi connectivity index (χ0n) is 15.6. The SMILES string of the molecule is CCOC(=O)N1CCN(C(=O)CCCSc2ccc(NC(C)=O)nn2)CC1. The van der Waals surface area contributed by atoms with E-state index in [-0.39, 0.29) is 17.9 Å². The number of anilines is 1. The van der Waals surface area contributed by atoms with Crippen LogP contribution in [0.5, 0.6) is 0 Å². The number of aromatic nitrogens is 2. The van der Waals surface area contributed by atoms with Crippen molar-refractivity contribution in [2.75, 3.05) is 43.9 Å². The maximum atomic E-state index is 12.3. The topological polar surface area (TPSA) is 105 Å². The van der Waals surface area contributed by atoms with E-state index in [2.05, 4.69) is 15.5 Å². The summed E-state index contributed by atoms with van der Waals surface area (Å²) in [6, 6.07) is 3.49. The normalized spacial score (nSPS) is 14.0. The fourth-order valence-corrected chi connectivity index (χ4v) is 3.32. The van der Waals surface area contributed by atoms with Crippen LogP contribution in [0.25, 0.3) is 0 Å². The minimum Gasteiger partial charge on any atom is -0.450 e. The van der Waals surface area contributed by atoms with Gasteiger partial charge in [0.1, 0.15) is 5.03 Å². The third kappa shape index (κ3) is 7.05. The van der Waals surface area contributed by atoms with Crippen LogP contribution in [-0.2, 0) is 14.3 Å². The predicted molar refractivity (Wildman–Crippen MR) is 101 cm³/mol. The Morgan fingerprint density at radius 1 is 1.15 bits per heavy atom. The fourth-order valence-electron chi connectivity index (χ4n) is 2.56. The quantitative estimate of drug-likeness (QED) is 0.552. The molecule has 0 atom stereocenters. The van der Waals surface area contributed by atoms with E-state index in [9.17, 15) is 14.4 Å². The van der Waals surface area contributed by atoms with Crippen molar-refractivity contribution in [3.05, 3.63) is 12.1 Å². The van der Waals surface area contributed by atoms with Gasteiger partial charge in [0, 0.05) is 45.3 Å². The Kier molecular flexibility index (Phi) is 8.31. The molecule has 0 bridgehead atoms. The molecule has 27 heavy (non-hydrogen) atoms. The van der Waals surface area contributed by atoms with Gasteiger partial charge in [-0.2, -0.15) is 0 Å². The van der Waals surface area contributed by atoms with E-state index >= 15 is 0 Å². The van der Waals surface area contributed by atoms with Gasteiger partial charge in [0.05, 0.1) is 6.61 Å². The second-order valence-electron chi connectivity index (χ2n) is 5.96. The molecule has 2 heterocycles. The zero-order chi connectivity index (χ0) is 19.6. The van der Waals surface area contributed by atoms with Gasteiger partial charge >= 0.3 is 6.09 Å². The average molecular weight is 395 g/mol. The minimum atomic E-state index is -0.313. The lowest BCUT2D eigenvalue weighted by Gasteiger charge is -2.34. The molecule has 1 N–H and O–H groups in total. The number of hydrogen-bond acceptors (Lipinski definition) is 7. The first-order chi connectivity index (χ1) is 13.0. The van der Waals surface area contributed by atoms with Gasteiger partial charge in [-0.3, -0.25) is 9.59 Å². The van der Waals surface area contributed by atoms with Crippen molar-refractivity contribution in [1.29, 1.82) is 0 Å². The van der Waals surface area contributed by atoms with Crippen molar-refractivity contribution in [3.8, 4) is 0 Å². The number of piperazine rings is 1. The van der Waals surface area contributed by atoms with E-state index in [4.69, 9.17) is 4.74 Å². The summed E-state index contributed by atoms with van der Waals surface area (Å²) >= 11 is 1.52. The summed E-state index contributed by atoms with van der Waals surface area (Å²) in [5.74, 6) is 1.09. The highest BCUT2D eigenvalue weighted by molar-refractivity contribution is 7.99. The second-order valence-corrected chi connectivity index (χ2v) is 7.07.